The van der Waals surface area contributed by atoms with Crippen LogP contribution in [0, 0.1) is 0 Å². The zero-order chi connectivity index (χ0) is 14.9. The topological polar surface area (TPSA) is 36.9 Å². The van der Waals surface area contributed by atoms with Crippen molar-refractivity contribution in [1.82, 2.24) is 0 Å². The Hall–Kier alpha value is -1.28. The van der Waals surface area contributed by atoms with Gasteiger partial charge in [0.2, 0.25) is 0 Å². The van der Waals surface area contributed by atoms with Crippen molar-refractivity contribution in [2.45, 2.75) is 9.79 Å². The van der Waals surface area contributed by atoms with E-state index in [-0.39, 0.29) is 13.6 Å². The van der Waals surface area contributed by atoms with Gasteiger partial charge in [-0.05, 0) is 48.5 Å². The second-order valence-corrected chi connectivity index (χ2v) is 4.97. The van der Waals surface area contributed by atoms with Crippen LogP contribution in [0.2, 0.25) is 0 Å². The molecule has 0 atom stereocenters. The molecule has 0 spiro atoms. The largest absolute Gasteiger partial charge is 0.492 e. The standard InChI is InChI=1S/C14H14BO4S2/c20-13-5-1-11(2-6-13)16-9-18-15-19-10-17-12-3-7-14(21)8-4-12/h1-8,20-21H,9-10H2. The third kappa shape index (κ3) is 6.35. The summed E-state index contributed by atoms with van der Waals surface area (Å²) in [4.78, 5) is 1.75. The monoisotopic (exact) mass is 321 g/mol. The number of benzene rings is 2. The molecular weight excluding hydrogens is 307 g/mol. The molecule has 0 unspecified atom stereocenters. The van der Waals surface area contributed by atoms with Crippen LogP contribution in [0.25, 0.3) is 0 Å². The van der Waals surface area contributed by atoms with Crippen LogP contribution in [0.1, 0.15) is 0 Å². The molecule has 0 saturated heterocycles. The minimum atomic E-state index is 0.0558. The summed E-state index contributed by atoms with van der Waals surface area (Å²) in [5.74, 6) is 1.40. The maximum atomic E-state index is 5.32. The zero-order valence-electron chi connectivity index (χ0n) is 11.1. The summed E-state index contributed by atoms with van der Waals surface area (Å²) >= 11 is 8.37. The third-order valence-corrected chi connectivity index (χ3v) is 2.99. The minimum absolute atomic E-state index is 0.0558. The van der Waals surface area contributed by atoms with Crippen LogP contribution in [-0.4, -0.2) is 21.3 Å². The van der Waals surface area contributed by atoms with Crippen LogP contribution in [0.4, 0.5) is 0 Å². The summed E-state index contributed by atoms with van der Waals surface area (Å²) < 4.78 is 20.7. The molecule has 0 aromatic heterocycles. The van der Waals surface area contributed by atoms with Crippen LogP contribution >= 0.6 is 25.3 Å². The number of hydrogen-bond donors (Lipinski definition) is 2. The van der Waals surface area contributed by atoms with Gasteiger partial charge in [-0.3, -0.25) is 0 Å². The maximum Gasteiger partial charge on any atom is 0.492 e. The Balaban J connectivity index is 1.52. The van der Waals surface area contributed by atoms with Crippen molar-refractivity contribution in [2.24, 2.45) is 0 Å². The van der Waals surface area contributed by atoms with Crippen LogP contribution in [-0.2, 0) is 9.31 Å². The molecule has 0 N–H and O–H groups in total. The summed E-state index contributed by atoms with van der Waals surface area (Å²) in [7, 11) is 1.18. The summed E-state index contributed by atoms with van der Waals surface area (Å²) in [6.07, 6.45) is 0. The molecule has 0 aliphatic carbocycles. The minimum Gasteiger partial charge on any atom is -0.469 e. The van der Waals surface area contributed by atoms with E-state index in [9.17, 15) is 0 Å². The Kier molecular flexibility index (Phi) is 6.82. The van der Waals surface area contributed by atoms with Gasteiger partial charge < -0.3 is 18.8 Å². The second kappa shape index (κ2) is 8.89. The predicted octanol–water partition coefficient (Wildman–Crippen LogP) is 3.20. The van der Waals surface area contributed by atoms with Crippen LogP contribution in [0.3, 0.4) is 0 Å². The van der Waals surface area contributed by atoms with Gasteiger partial charge in [0, 0.05) is 9.79 Å². The predicted molar refractivity (Wildman–Crippen MR) is 86.3 cm³/mol. The van der Waals surface area contributed by atoms with Crippen LogP contribution in [0.5, 0.6) is 11.5 Å². The highest BCUT2D eigenvalue weighted by Gasteiger charge is 1.98. The van der Waals surface area contributed by atoms with Gasteiger partial charge in [0.15, 0.2) is 13.6 Å². The Bertz CT molecular complexity index is 484. The highest BCUT2D eigenvalue weighted by Crippen LogP contribution is 2.15. The first-order valence-electron chi connectivity index (χ1n) is 6.12. The van der Waals surface area contributed by atoms with E-state index in [1.807, 2.05) is 24.3 Å². The summed E-state index contributed by atoms with van der Waals surface area (Å²) in [6.45, 7) is 0.112. The molecule has 1 radical (unpaired) electrons. The van der Waals surface area contributed by atoms with E-state index in [0.717, 1.165) is 9.79 Å². The van der Waals surface area contributed by atoms with Crippen molar-refractivity contribution in [3.05, 3.63) is 48.5 Å². The van der Waals surface area contributed by atoms with E-state index >= 15 is 0 Å². The van der Waals surface area contributed by atoms with Gasteiger partial charge >= 0.3 is 7.69 Å². The highest BCUT2D eigenvalue weighted by atomic mass is 32.1. The number of thiol groups is 2. The SMILES string of the molecule is Sc1ccc(OCO[B]OCOc2ccc(S)cc2)cc1. The molecule has 2 rings (SSSR count). The second-order valence-electron chi connectivity index (χ2n) is 3.94. The van der Waals surface area contributed by atoms with Crippen molar-refractivity contribution in [3.63, 3.8) is 0 Å². The van der Waals surface area contributed by atoms with Gasteiger partial charge in [-0.25, -0.2) is 0 Å². The molecule has 0 bridgehead atoms. The molecule has 2 aromatic rings. The van der Waals surface area contributed by atoms with Gasteiger partial charge in [-0.1, -0.05) is 0 Å². The van der Waals surface area contributed by atoms with E-state index in [0.29, 0.717) is 11.5 Å². The quantitative estimate of drug-likeness (QED) is 0.339. The average molecular weight is 321 g/mol. The van der Waals surface area contributed by atoms with E-state index in [1.54, 1.807) is 24.3 Å². The fourth-order valence-corrected chi connectivity index (χ4v) is 1.69. The number of rotatable bonds is 8. The van der Waals surface area contributed by atoms with Crippen molar-refractivity contribution in [2.75, 3.05) is 13.6 Å². The van der Waals surface area contributed by atoms with Crippen molar-refractivity contribution < 1.29 is 18.8 Å². The fraction of sp³-hybridized carbons (Fsp3) is 0.143. The first-order valence-corrected chi connectivity index (χ1v) is 7.02. The normalized spacial score (nSPS) is 10.2. The van der Waals surface area contributed by atoms with Crippen molar-refractivity contribution >= 4 is 32.9 Å². The molecule has 21 heavy (non-hydrogen) atoms. The van der Waals surface area contributed by atoms with Crippen LogP contribution in [0.15, 0.2) is 58.3 Å². The summed E-state index contributed by atoms with van der Waals surface area (Å²) in [5.41, 5.74) is 0. The van der Waals surface area contributed by atoms with E-state index in [2.05, 4.69) is 25.3 Å². The summed E-state index contributed by atoms with van der Waals surface area (Å²) in [6, 6.07) is 14.6. The molecule has 0 aliphatic heterocycles. The van der Waals surface area contributed by atoms with E-state index in [1.165, 1.54) is 7.69 Å². The molecule has 4 nitrogen and oxygen atoms in total. The lowest BCUT2D eigenvalue weighted by atomic mass is 10.3. The maximum absolute atomic E-state index is 5.32. The average Bonchev–Trinajstić information content (AvgIpc) is 2.50. The van der Waals surface area contributed by atoms with Crippen molar-refractivity contribution in [3.8, 4) is 11.5 Å². The van der Waals surface area contributed by atoms with Gasteiger partial charge in [-0.15, -0.1) is 25.3 Å². The lowest BCUT2D eigenvalue weighted by Gasteiger charge is -2.08. The Labute approximate surface area is 135 Å². The van der Waals surface area contributed by atoms with Gasteiger partial charge in [0.05, 0.1) is 0 Å². The van der Waals surface area contributed by atoms with E-state index < -0.39 is 0 Å². The lowest BCUT2D eigenvalue weighted by Crippen LogP contribution is -2.13. The third-order valence-electron chi connectivity index (χ3n) is 2.40. The Morgan fingerprint density at radius 2 is 1.05 bits per heavy atom. The first kappa shape index (κ1) is 16.1. The Morgan fingerprint density at radius 3 is 1.43 bits per heavy atom. The fourth-order valence-electron chi connectivity index (χ4n) is 1.39. The molecule has 0 aliphatic rings. The highest BCUT2D eigenvalue weighted by molar-refractivity contribution is 7.80. The molecule has 7 heteroatoms. The van der Waals surface area contributed by atoms with E-state index in [4.69, 9.17) is 18.8 Å². The molecule has 0 heterocycles. The molecule has 0 fully saturated rings. The lowest BCUT2D eigenvalue weighted by molar-refractivity contribution is 0.0602. The van der Waals surface area contributed by atoms with Gasteiger partial charge in [-0.2, -0.15) is 0 Å². The number of hydrogen-bond acceptors (Lipinski definition) is 6. The van der Waals surface area contributed by atoms with Gasteiger partial charge in [0.1, 0.15) is 11.5 Å². The zero-order valence-corrected chi connectivity index (χ0v) is 12.9. The van der Waals surface area contributed by atoms with Crippen LogP contribution < -0.4 is 9.47 Å². The van der Waals surface area contributed by atoms with Gasteiger partial charge in [0.25, 0.3) is 0 Å². The molecule has 109 valence electrons. The molecule has 0 amide bonds. The first-order chi connectivity index (χ1) is 10.2. The van der Waals surface area contributed by atoms with Crippen molar-refractivity contribution in [1.29, 1.82) is 0 Å². The molecular formula is C14H14BO4S2. The molecule has 0 saturated carbocycles. The molecule has 2 aromatic carbocycles. The smallest absolute Gasteiger partial charge is 0.469 e. The Morgan fingerprint density at radius 1 is 0.667 bits per heavy atom. The summed E-state index contributed by atoms with van der Waals surface area (Å²) in [5, 5.41) is 0. The number of ether oxygens (including phenoxy) is 2.